The lowest BCUT2D eigenvalue weighted by Gasteiger charge is -2.05. The molecular formula is C12H9Cl3N2S. The second kappa shape index (κ2) is 6.62. The third-order valence-corrected chi connectivity index (χ3v) is 4.26. The summed E-state index contributed by atoms with van der Waals surface area (Å²) in [6.07, 6.45) is 0.931. The molecule has 0 N–H and O–H groups in total. The normalized spacial score (nSPS) is 10.6. The van der Waals surface area contributed by atoms with Crippen molar-refractivity contribution in [2.45, 2.75) is 11.3 Å². The van der Waals surface area contributed by atoms with Gasteiger partial charge in [0, 0.05) is 5.75 Å². The van der Waals surface area contributed by atoms with Crippen LogP contribution in [0.5, 0.6) is 0 Å². The van der Waals surface area contributed by atoms with Crippen LogP contribution in [0, 0.1) is 0 Å². The van der Waals surface area contributed by atoms with Gasteiger partial charge in [-0.05, 0) is 23.6 Å². The van der Waals surface area contributed by atoms with Gasteiger partial charge < -0.3 is 0 Å². The quantitative estimate of drug-likeness (QED) is 0.461. The molecule has 6 heteroatoms. The van der Waals surface area contributed by atoms with Crippen molar-refractivity contribution < 1.29 is 0 Å². The molecule has 0 aliphatic heterocycles. The fourth-order valence-electron chi connectivity index (χ4n) is 1.41. The molecular weight excluding hydrogens is 311 g/mol. The second-order valence-electron chi connectivity index (χ2n) is 3.49. The van der Waals surface area contributed by atoms with E-state index in [2.05, 4.69) is 22.1 Å². The maximum atomic E-state index is 5.98. The summed E-state index contributed by atoms with van der Waals surface area (Å²) in [6, 6.07) is 10.2. The van der Waals surface area contributed by atoms with Crippen LogP contribution in [-0.2, 0) is 6.42 Å². The molecule has 18 heavy (non-hydrogen) atoms. The smallest absolute Gasteiger partial charge is 0.205 e. The van der Waals surface area contributed by atoms with Crippen molar-refractivity contribution in [1.82, 2.24) is 9.97 Å². The van der Waals surface area contributed by atoms with E-state index in [0.29, 0.717) is 15.2 Å². The predicted molar refractivity (Wildman–Crippen MR) is 77.9 cm³/mol. The standard InChI is InChI=1S/C12H9Cl3N2S/c13-10-9(11(14)17-12(15)16-10)18-7-6-8-4-2-1-3-5-8/h1-5H,6-7H2. The van der Waals surface area contributed by atoms with Gasteiger partial charge in [0.05, 0.1) is 4.90 Å². The van der Waals surface area contributed by atoms with Gasteiger partial charge in [-0.1, -0.05) is 53.5 Å². The zero-order chi connectivity index (χ0) is 13.0. The predicted octanol–water partition coefficient (Wildman–Crippen LogP) is 4.77. The minimum atomic E-state index is 0.0670. The van der Waals surface area contributed by atoms with Gasteiger partial charge in [0.1, 0.15) is 10.3 Å². The van der Waals surface area contributed by atoms with Crippen molar-refractivity contribution in [3.63, 3.8) is 0 Å². The maximum Gasteiger partial charge on any atom is 0.225 e. The number of hydrogen-bond acceptors (Lipinski definition) is 3. The molecule has 2 aromatic rings. The first-order valence-electron chi connectivity index (χ1n) is 5.22. The molecule has 2 nitrogen and oxygen atoms in total. The molecule has 0 spiro atoms. The lowest BCUT2D eigenvalue weighted by molar-refractivity contribution is 1.09. The Bertz CT molecular complexity index is 511. The average Bonchev–Trinajstić information content (AvgIpc) is 2.34. The van der Waals surface area contributed by atoms with Crippen molar-refractivity contribution in [2.75, 3.05) is 5.75 Å². The molecule has 0 aliphatic rings. The Morgan fingerprint density at radius 3 is 2.17 bits per heavy atom. The summed E-state index contributed by atoms with van der Waals surface area (Å²) in [7, 11) is 0. The summed E-state index contributed by atoms with van der Waals surface area (Å²) in [4.78, 5) is 8.43. The van der Waals surface area contributed by atoms with Gasteiger partial charge in [-0.15, -0.1) is 11.8 Å². The average molecular weight is 320 g/mol. The maximum absolute atomic E-state index is 5.98. The summed E-state index contributed by atoms with van der Waals surface area (Å²) in [5.74, 6) is 0.856. The van der Waals surface area contributed by atoms with Crippen LogP contribution in [0.15, 0.2) is 35.2 Å². The molecule has 1 aromatic carbocycles. The Balaban J connectivity index is 1.99. The summed E-state index contributed by atoms with van der Waals surface area (Å²) in [5, 5.41) is 0.675. The molecule has 1 heterocycles. The number of benzene rings is 1. The number of aromatic nitrogens is 2. The lowest BCUT2D eigenvalue weighted by Crippen LogP contribution is -1.92. The summed E-state index contributed by atoms with van der Waals surface area (Å²) in [6.45, 7) is 0. The van der Waals surface area contributed by atoms with Crippen LogP contribution in [0.4, 0.5) is 0 Å². The number of nitrogens with zero attached hydrogens (tertiary/aromatic N) is 2. The third kappa shape index (κ3) is 3.75. The van der Waals surface area contributed by atoms with E-state index in [1.165, 1.54) is 17.3 Å². The number of hydrogen-bond donors (Lipinski definition) is 0. The Kier molecular flexibility index (Phi) is 5.13. The molecule has 1 aromatic heterocycles. The lowest BCUT2D eigenvalue weighted by atomic mass is 10.2. The highest BCUT2D eigenvalue weighted by molar-refractivity contribution is 7.99. The van der Waals surface area contributed by atoms with Crippen molar-refractivity contribution in [3.8, 4) is 0 Å². The van der Waals surface area contributed by atoms with E-state index >= 15 is 0 Å². The fourth-order valence-corrected chi connectivity index (χ4v) is 3.25. The third-order valence-electron chi connectivity index (χ3n) is 2.24. The van der Waals surface area contributed by atoms with Crippen LogP contribution in [0.25, 0.3) is 0 Å². The van der Waals surface area contributed by atoms with Gasteiger partial charge in [-0.3, -0.25) is 0 Å². The largest absolute Gasteiger partial charge is 0.225 e. The number of halogens is 3. The Morgan fingerprint density at radius 2 is 1.56 bits per heavy atom. The Morgan fingerprint density at radius 1 is 0.944 bits per heavy atom. The number of thioether (sulfide) groups is 1. The fraction of sp³-hybridized carbons (Fsp3) is 0.167. The molecule has 0 bridgehead atoms. The molecule has 0 aliphatic carbocycles. The molecule has 0 atom stereocenters. The van der Waals surface area contributed by atoms with Gasteiger partial charge in [0.25, 0.3) is 0 Å². The molecule has 0 unspecified atom stereocenters. The molecule has 0 radical (unpaired) electrons. The molecule has 94 valence electrons. The topological polar surface area (TPSA) is 25.8 Å². The van der Waals surface area contributed by atoms with E-state index in [9.17, 15) is 0 Å². The molecule has 0 saturated carbocycles. The molecule has 0 fully saturated rings. The second-order valence-corrected chi connectivity index (χ2v) is 5.65. The van der Waals surface area contributed by atoms with Crippen LogP contribution in [0.3, 0.4) is 0 Å². The minimum Gasteiger partial charge on any atom is -0.205 e. The van der Waals surface area contributed by atoms with E-state index in [1.54, 1.807) is 0 Å². The van der Waals surface area contributed by atoms with Gasteiger partial charge >= 0.3 is 0 Å². The van der Waals surface area contributed by atoms with E-state index in [0.717, 1.165) is 12.2 Å². The zero-order valence-electron chi connectivity index (χ0n) is 9.24. The van der Waals surface area contributed by atoms with Crippen LogP contribution < -0.4 is 0 Å². The van der Waals surface area contributed by atoms with Gasteiger partial charge in [0.2, 0.25) is 5.28 Å². The monoisotopic (exact) mass is 318 g/mol. The van der Waals surface area contributed by atoms with Crippen molar-refractivity contribution in [3.05, 3.63) is 51.5 Å². The van der Waals surface area contributed by atoms with E-state index < -0.39 is 0 Å². The highest BCUT2D eigenvalue weighted by Gasteiger charge is 2.11. The molecule has 0 saturated heterocycles. The first-order valence-corrected chi connectivity index (χ1v) is 7.34. The van der Waals surface area contributed by atoms with Crippen molar-refractivity contribution in [1.29, 1.82) is 0 Å². The number of rotatable bonds is 4. The van der Waals surface area contributed by atoms with Crippen molar-refractivity contribution in [2.24, 2.45) is 0 Å². The SMILES string of the molecule is Clc1nc(Cl)c(SCCc2ccccc2)c(Cl)n1. The van der Waals surface area contributed by atoms with Crippen LogP contribution in [0.1, 0.15) is 5.56 Å². The molecule has 2 rings (SSSR count). The highest BCUT2D eigenvalue weighted by Crippen LogP contribution is 2.32. The zero-order valence-corrected chi connectivity index (χ0v) is 12.3. The van der Waals surface area contributed by atoms with E-state index in [4.69, 9.17) is 34.8 Å². The first-order chi connectivity index (χ1) is 8.66. The van der Waals surface area contributed by atoms with Gasteiger partial charge in [-0.2, -0.15) is 0 Å². The summed E-state index contributed by atoms with van der Waals surface area (Å²) < 4.78 is 0. The Hall–Kier alpha value is -0.480. The van der Waals surface area contributed by atoms with Crippen molar-refractivity contribution >= 4 is 46.6 Å². The van der Waals surface area contributed by atoms with Gasteiger partial charge in [0.15, 0.2) is 0 Å². The molecule has 0 amide bonds. The summed E-state index contributed by atoms with van der Waals surface area (Å²) >= 11 is 19.1. The van der Waals surface area contributed by atoms with Crippen LogP contribution in [0.2, 0.25) is 15.6 Å². The summed E-state index contributed by atoms with van der Waals surface area (Å²) in [5.41, 5.74) is 1.27. The van der Waals surface area contributed by atoms with Gasteiger partial charge in [-0.25, -0.2) is 9.97 Å². The number of aryl methyl sites for hydroxylation is 1. The highest BCUT2D eigenvalue weighted by atomic mass is 35.5. The van der Waals surface area contributed by atoms with E-state index in [1.807, 2.05) is 18.2 Å². The van der Waals surface area contributed by atoms with Crippen LogP contribution >= 0.6 is 46.6 Å². The first kappa shape index (κ1) is 13.9. The van der Waals surface area contributed by atoms with E-state index in [-0.39, 0.29) is 5.28 Å². The Labute approximate surface area is 125 Å². The minimum absolute atomic E-state index is 0.0670. The van der Waals surface area contributed by atoms with Crippen LogP contribution in [-0.4, -0.2) is 15.7 Å².